The highest BCUT2D eigenvalue weighted by Gasteiger charge is 2.31. The van der Waals surface area contributed by atoms with Crippen LogP contribution in [0.4, 0.5) is 4.39 Å². The largest absolute Gasteiger partial charge is 0.469 e. The van der Waals surface area contributed by atoms with E-state index >= 15 is 0 Å². The molecule has 1 fully saturated rings. The molecule has 0 spiro atoms. The fourth-order valence-electron chi connectivity index (χ4n) is 3.15. The summed E-state index contributed by atoms with van der Waals surface area (Å²) in [5.74, 6) is -0.133. The number of amides is 1. The Kier molecular flexibility index (Phi) is 6.93. The van der Waals surface area contributed by atoms with Gasteiger partial charge in [0.1, 0.15) is 5.82 Å². The maximum Gasteiger partial charge on any atom is 0.306 e. The molecule has 0 radical (unpaired) electrons. The number of carbonyl (C=O) groups excluding carboxylic acids is 2. The number of benzene rings is 1. The number of nitrogens with zero attached hydrogens (tertiary/aromatic N) is 2. The number of hydrogen-bond donors (Lipinski definition) is 0. The second kappa shape index (κ2) is 8.94. The molecule has 0 N–H and O–H groups in total. The molecule has 0 unspecified atom stereocenters. The fourth-order valence-corrected chi connectivity index (χ4v) is 3.15. The summed E-state index contributed by atoms with van der Waals surface area (Å²) in [5.41, 5.74) is 0.920. The highest BCUT2D eigenvalue weighted by atomic mass is 19.1. The zero-order valence-corrected chi connectivity index (χ0v) is 15.2. The van der Waals surface area contributed by atoms with E-state index in [-0.39, 0.29) is 29.7 Å². The van der Waals surface area contributed by atoms with Gasteiger partial charge in [0.2, 0.25) is 5.91 Å². The molecule has 1 aliphatic heterocycles. The zero-order valence-electron chi connectivity index (χ0n) is 15.2. The average molecular weight is 350 g/mol. The molecule has 5 nitrogen and oxygen atoms in total. The molecule has 1 aliphatic rings. The Balaban J connectivity index is 2.10. The zero-order chi connectivity index (χ0) is 18.4. The van der Waals surface area contributed by atoms with Gasteiger partial charge in [-0.1, -0.05) is 26.0 Å². The second-order valence-corrected chi connectivity index (χ2v) is 6.84. The number of methoxy groups -OCH3 is 1. The van der Waals surface area contributed by atoms with Gasteiger partial charge in [0.25, 0.3) is 0 Å². The molecule has 1 heterocycles. The minimum absolute atomic E-state index is 0.0534. The highest BCUT2D eigenvalue weighted by Crippen LogP contribution is 2.21. The fraction of sp³-hybridized carbons (Fsp3) is 0.579. The maximum atomic E-state index is 13.1. The summed E-state index contributed by atoms with van der Waals surface area (Å²) in [7, 11) is 1.38. The van der Waals surface area contributed by atoms with Crippen molar-refractivity contribution >= 4 is 11.9 Å². The summed E-state index contributed by atoms with van der Waals surface area (Å²) in [6.07, 6.45) is 0.749. The van der Waals surface area contributed by atoms with Crippen molar-refractivity contribution in [2.75, 3.05) is 26.7 Å². The van der Waals surface area contributed by atoms with Crippen LogP contribution in [-0.4, -0.2) is 54.5 Å². The van der Waals surface area contributed by atoms with Crippen molar-refractivity contribution in [1.29, 1.82) is 0 Å². The number of halogens is 1. The first-order valence-electron chi connectivity index (χ1n) is 8.73. The van der Waals surface area contributed by atoms with Crippen molar-refractivity contribution in [3.05, 3.63) is 35.6 Å². The van der Waals surface area contributed by atoms with E-state index in [1.54, 1.807) is 12.1 Å². The third-order valence-electron chi connectivity index (χ3n) is 4.70. The first kappa shape index (κ1) is 19.4. The van der Waals surface area contributed by atoms with Gasteiger partial charge in [-0.3, -0.25) is 9.59 Å². The summed E-state index contributed by atoms with van der Waals surface area (Å²) in [6.45, 7) is 6.62. The number of esters is 1. The normalized spacial score (nSPS) is 19.2. The molecular weight excluding hydrogens is 323 g/mol. The molecule has 2 rings (SSSR count). The van der Waals surface area contributed by atoms with Crippen LogP contribution >= 0.6 is 0 Å². The molecule has 0 bridgehead atoms. The van der Waals surface area contributed by atoms with E-state index in [1.807, 2.05) is 4.90 Å². The van der Waals surface area contributed by atoms with E-state index in [0.29, 0.717) is 32.5 Å². The van der Waals surface area contributed by atoms with Crippen molar-refractivity contribution in [3.63, 3.8) is 0 Å². The Labute approximate surface area is 148 Å². The first-order valence-corrected chi connectivity index (χ1v) is 8.73. The van der Waals surface area contributed by atoms with Gasteiger partial charge in [0.05, 0.1) is 13.5 Å². The Morgan fingerprint density at radius 2 is 2.00 bits per heavy atom. The van der Waals surface area contributed by atoms with Crippen LogP contribution in [0, 0.1) is 11.7 Å². The standard InChI is InChI=1S/C19H27FN2O3/c1-14(2)17-13-21(11-9-19(24)25-3)10-8-18(23)22(17)12-15-4-6-16(20)7-5-15/h4-7,14,17H,8-13H2,1-3H3/t17-/m0/s1. The molecule has 1 saturated heterocycles. The molecule has 0 aromatic heterocycles. The summed E-state index contributed by atoms with van der Waals surface area (Å²) < 4.78 is 17.8. The van der Waals surface area contributed by atoms with Crippen molar-refractivity contribution in [2.45, 2.75) is 39.3 Å². The molecule has 25 heavy (non-hydrogen) atoms. The van der Waals surface area contributed by atoms with Crippen LogP contribution in [0.15, 0.2) is 24.3 Å². The maximum absolute atomic E-state index is 13.1. The van der Waals surface area contributed by atoms with Crippen LogP contribution in [0.1, 0.15) is 32.3 Å². The molecule has 0 saturated carbocycles. The van der Waals surface area contributed by atoms with Gasteiger partial charge in [0, 0.05) is 38.6 Å². The predicted molar refractivity (Wildman–Crippen MR) is 93.3 cm³/mol. The van der Waals surface area contributed by atoms with E-state index in [0.717, 1.165) is 12.1 Å². The molecule has 1 atom stereocenters. The Morgan fingerprint density at radius 1 is 1.32 bits per heavy atom. The van der Waals surface area contributed by atoms with Gasteiger partial charge in [-0.05, 0) is 23.6 Å². The van der Waals surface area contributed by atoms with E-state index < -0.39 is 0 Å². The minimum atomic E-state index is -0.277. The average Bonchev–Trinajstić information content (AvgIpc) is 2.75. The van der Waals surface area contributed by atoms with Gasteiger partial charge in [0.15, 0.2) is 0 Å². The van der Waals surface area contributed by atoms with E-state index in [1.165, 1.54) is 19.2 Å². The molecular formula is C19H27FN2O3. The first-order chi connectivity index (χ1) is 11.9. The van der Waals surface area contributed by atoms with Gasteiger partial charge < -0.3 is 14.5 Å². The smallest absolute Gasteiger partial charge is 0.306 e. The lowest BCUT2D eigenvalue weighted by Gasteiger charge is -2.34. The topological polar surface area (TPSA) is 49.9 Å². The molecule has 1 aromatic carbocycles. The monoisotopic (exact) mass is 350 g/mol. The van der Waals surface area contributed by atoms with Crippen LogP contribution < -0.4 is 0 Å². The summed E-state index contributed by atoms with van der Waals surface area (Å²) in [4.78, 5) is 28.1. The SMILES string of the molecule is COC(=O)CCN1CCC(=O)N(Cc2ccc(F)cc2)[C@H](C(C)C)C1. The number of carbonyl (C=O) groups is 2. The number of hydrogen-bond acceptors (Lipinski definition) is 4. The van der Waals surface area contributed by atoms with Crippen molar-refractivity contribution in [3.8, 4) is 0 Å². The second-order valence-electron chi connectivity index (χ2n) is 6.84. The summed E-state index contributed by atoms with van der Waals surface area (Å²) in [6, 6.07) is 6.34. The minimum Gasteiger partial charge on any atom is -0.469 e. The Hall–Kier alpha value is -1.95. The van der Waals surface area contributed by atoms with Gasteiger partial charge in [-0.15, -0.1) is 0 Å². The lowest BCUT2D eigenvalue weighted by atomic mass is 10.0. The molecule has 1 aromatic rings. The van der Waals surface area contributed by atoms with Crippen LogP contribution in [-0.2, 0) is 20.9 Å². The molecule has 0 aliphatic carbocycles. The molecule has 6 heteroatoms. The van der Waals surface area contributed by atoms with Crippen LogP contribution in [0.5, 0.6) is 0 Å². The summed E-state index contributed by atoms with van der Waals surface area (Å²) >= 11 is 0. The Morgan fingerprint density at radius 3 is 2.60 bits per heavy atom. The van der Waals surface area contributed by atoms with Gasteiger partial charge >= 0.3 is 5.97 Å². The Bertz CT molecular complexity index is 589. The van der Waals surface area contributed by atoms with Crippen molar-refractivity contribution in [2.24, 2.45) is 5.92 Å². The van der Waals surface area contributed by atoms with E-state index in [4.69, 9.17) is 4.74 Å². The highest BCUT2D eigenvalue weighted by molar-refractivity contribution is 5.77. The van der Waals surface area contributed by atoms with Gasteiger partial charge in [-0.2, -0.15) is 0 Å². The predicted octanol–water partition coefficient (Wildman–Crippen LogP) is 2.45. The van der Waals surface area contributed by atoms with Crippen molar-refractivity contribution in [1.82, 2.24) is 9.80 Å². The third-order valence-corrected chi connectivity index (χ3v) is 4.70. The lowest BCUT2D eigenvalue weighted by Crippen LogP contribution is -2.46. The molecule has 138 valence electrons. The van der Waals surface area contributed by atoms with E-state index in [2.05, 4.69) is 18.7 Å². The van der Waals surface area contributed by atoms with E-state index in [9.17, 15) is 14.0 Å². The number of ether oxygens (including phenoxy) is 1. The summed E-state index contributed by atoms with van der Waals surface area (Å²) in [5, 5.41) is 0. The van der Waals surface area contributed by atoms with Crippen LogP contribution in [0.25, 0.3) is 0 Å². The quantitative estimate of drug-likeness (QED) is 0.740. The lowest BCUT2D eigenvalue weighted by molar-refractivity contribution is -0.141. The van der Waals surface area contributed by atoms with Crippen LogP contribution in [0.3, 0.4) is 0 Å². The van der Waals surface area contributed by atoms with Crippen LogP contribution in [0.2, 0.25) is 0 Å². The van der Waals surface area contributed by atoms with Gasteiger partial charge in [-0.25, -0.2) is 4.39 Å². The molecule has 1 amide bonds. The third kappa shape index (κ3) is 5.53. The number of rotatable bonds is 6. The van der Waals surface area contributed by atoms with Crippen molar-refractivity contribution < 1.29 is 18.7 Å².